The molecule has 0 spiro atoms. The van der Waals surface area contributed by atoms with Crippen molar-refractivity contribution in [3.05, 3.63) is 23.8 Å². The van der Waals surface area contributed by atoms with Gasteiger partial charge in [0.2, 0.25) is 0 Å². The van der Waals surface area contributed by atoms with E-state index in [0.717, 1.165) is 31.7 Å². The van der Waals surface area contributed by atoms with Gasteiger partial charge in [-0.3, -0.25) is 9.80 Å². The molecular weight excluding hydrogens is 284 g/mol. The number of hydrogen-bond donors (Lipinski definition) is 1. The lowest BCUT2D eigenvalue weighted by Crippen LogP contribution is -2.41. The molecule has 0 unspecified atom stereocenters. The van der Waals surface area contributed by atoms with Gasteiger partial charge in [0.15, 0.2) is 18.1 Å². The Labute approximate surface area is 130 Å². The van der Waals surface area contributed by atoms with Crippen LogP contribution < -0.4 is 15.2 Å². The Hall–Kier alpha value is -2.28. The largest absolute Gasteiger partial charge is 0.493 e. The number of likely N-dealkylation sites (N-methyl/N-ethyl adjacent to an activating group) is 1. The highest BCUT2D eigenvalue weighted by molar-refractivity contribution is 5.81. The number of hydrogen-bond acceptors (Lipinski definition) is 6. The topological polar surface area (TPSA) is 80.4 Å². The first-order valence-electron chi connectivity index (χ1n) is 7.15. The second-order valence-electron chi connectivity index (χ2n) is 5.17. The van der Waals surface area contributed by atoms with E-state index < -0.39 is 5.91 Å². The Bertz CT molecular complexity index is 540. The van der Waals surface area contributed by atoms with Crippen LogP contribution in [-0.4, -0.2) is 69.0 Å². The van der Waals surface area contributed by atoms with Gasteiger partial charge < -0.3 is 20.1 Å². The summed E-state index contributed by atoms with van der Waals surface area (Å²) in [4.78, 5) is 13.0. The first kappa shape index (κ1) is 16.1. The summed E-state index contributed by atoms with van der Waals surface area (Å²) in [5.41, 5.74) is 5.97. The number of rotatable bonds is 6. The molecule has 22 heavy (non-hydrogen) atoms. The number of nitrogens with two attached hydrogens (primary N) is 1. The summed E-state index contributed by atoms with van der Waals surface area (Å²) in [5, 5.41) is 6.52. The van der Waals surface area contributed by atoms with E-state index in [4.69, 9.17) is 15.2 Å². The fourth-order valence-corrected chi connectivity index (χ4v) is 2.09. The van der Waals surface area contributed by atoms with E-state index in [1.54, 1.807) is 19.4 Å². The summed E-state index contributed by atoms with van der Waals surface area (Å²) in [6.07, 6.45) is 1.80. The Morgan fingerprint density at radius 1 is 1.32 bits per heavy atom. The molecule has 1 saturated heterocycles. The van der Waals surface area contributed by atoms with Crippen LogP contribution in [0.15, 0.2) is 23.3 Å². The predicted molar refractivity (Wildman–Crippen MR) is 84.3 cm³/mol. The number of carbonyl (C=O) groups is 1. The van der Waals surface area contributed by atoms with Gasteiger partial charge in [-0.1, -0.05) is 0 Å². The van der Waals surface area contributed by atoms with Crippen LogP contribution in [0.4, 0.5) is 0 Å². The summed E-state index contributed by atoms with van der Waals surface area (Å²) in [6.45, 7) is 3.69. The highest BCUT2D eigenvalue weighted by Gasteiger charge is 2.11. The molecule has 1 aliphatic rings. The van der Waals surface area contributed by atoms with Crippen molar-refractivity contribution >= 4 is 12.1 Å². The van der Waals surface area contributed by atoms with Crippen molar-refractivity contribution in [2.45, 2.75) is 0 Å². The van der Waals surface area contributed by atoms with E-state index in [9.17, 15) is 4.79 Å². The molecule has 1 aliphatic heterocycles. The molecule has 0 atom stereocenters. The average molecular weight is 306 g/mol. The maximum Gasteiger partial charge on any atom is 0.255 e. The molecule has 7 nitrogen and oxygen atoms in total. The van der Waals surface area contributed by atoms with Crippen LogP contribution in [0, 0.1) is 0 Å². The first-order valence-corrected chi connectivity index (χ1v) is 7.15. The van der Waals surface area contributed by atoms with Crippen LogP contribution in [0.1, 0.15) is 5.56 Å². The summed E-state index contributed by atoms with van der Waals surface area (Å²) in [5.74, 6) is 0.504. The Morgan fingerprint density at radius 3 is 2.68 bits per heavy atom. The van der Waals surface area contributed by atoms with Gasteiger partial charge in [0.1, 0.15) is 0 Å². The zero-order valence-electron chi connectivity index (χ0n) is 13.0. The number of hydrazone groups is 1. The fraction of sp³-hybridized carbons (Fsp3) is 0.467. The van der Waals surface area contributed by atoms with Crippen LogP contribution in [0.3, 0.4) is 0 Å². The van der Waals surface area contributed by atoms with E-state index in [1.165, 1.54) is 0 Å². The minimum absolute atomic E-state index is 0.176. The van der Waals surface area contributed by atoms with Crippen molar-refractivity contribution in [2.24, 2.45) is 10.8 Å². The van der Waals surface area contributed by atoms with Crippen LogP contribution in [0.25, 0.3) is 0 Å². The monoisotopic (exact) mass is 306 g/mol. The molecule has 120 valence electrons. The SMILES string of the molecule is COc1cc(/C=N/N2CCN(C)CC2)ccc1OCC(N)=O. The molecule has 0 radical (unpaired) electrons. The molecule has 0 aliphatic carbocycles. The molecule has 0 aromatic heterocycles. The Morgan fingerprint density at radius 2 is 2.05 bits per heavy atom. The number of amides is 1. The average Bonchev–Trinajstić information content (AvgIpc) is 2.52. The predicted octanol–water partition coefficient (Wildman–Crippen LogP) is 0.141. The second-order valence-corrected chi connectivity index (χ2v) is 5.17. The lowest BCUT2D eigenvalue weighted by molar-refractivity contribution is -0.119. The summed E-state index contributed by atoms with van der Waals surface area (Å²) in [6, 6.07) is 5.42. The maximum atomic E-state index is 10.8. The number of piperazine rings is 1. The van der Waals surface area contributed by atoms with Gasteiger partial charge in [-0.05, 0) is 30.8 Å². The van der Waals surface area contributed by atoms with Crippen LogP contribution in [0.2, 0.25) is 0 Å². The van der Waals surface area contributed by atoms with Crippen molar-refractivity contribution in [1.29, 1.82) is 0 Å². The third-order valence-electron chi connectivity index (χ3n) is 3.41. The highest BCUT2D eigenvalue weighted by atomic mass is 16.5. The normalized spacial score (nSPS) is 16.0. The molecule has 1 aromatic carbocycles. The summed E-state index contributed by atoms with van der Waals surface area (Å²) >= 11 is 0. The van der Waals surface area contributed by atoms with E-state index in [-0.39, 0.29) is 6.61 Å². The molecule has 0 bridgehead atoms. The number of carbonyl (C=O) groups excluding carboxylic acids is 1. The van der Waals surface area contributed by atoms with Gasteiger partial charge in [-0.25, -0.2) is 0 Å². The third-order valence-corrected chi connectivity index (χ3v) is 3.41. The van der Waals surface area contributed by atoms with Crippen molar-refractivity contribution in [1.82, 2.24) is 9.91 Å². The van der Waals surface area contributed by atoms with Crippen molar-refractivity contribution in [2.75, 3.05) is 46.9 Å². The van der Waals surface area contributed by atoms with Gasteiger partial charge in [0.05, 0.1) is 13.3 Å². The molecule has 7 heteroatoms. The molecule has 1 fully saturated rings. The highest BCUT2D eigenvalue weighted by Crippen LogP contribution is 2.27. The molecular formula is C15H22N4O3. The number of methoxy groups -OCH3 is 1. The van der Waals surface area contributed by atoms with Crippen molar-refractivity contribution < 1.29 is 14.3 Å². The van der Waals surface area contributed by atoms with E-state index in [2.05, 4.69) is 17.0 Å². The molecule has 2 rings (SSSR count). The van der Waals surface area contributed by atoms with Gasteiger partial charge in [-0.2, -0.15) is 5.10 Å². The minimum Gasteiger partial charge on any atom is -0.493 e. The van der Waals surface area contributed by atoms with Crippen LogP contribution >= 0.6 is 0 Å². The summed E-state index contributed by atoms with van der Waals surface area (Å²) < 4.78 is 10.6. The standard InChI is InChI=1S/C15H22N4O3/c1-18-5-7-19(8-6-18)17-10-12-3-4-13(14(9-12)21-2)22-11-15(16)20/h3-4,9-10H,5-8,11H2,1-2H3,(H2,16,20)/b17-10+. The molecule has 2 N–H and O–H groups in total. The third kappa shape index (κ3) is 4.63. The van der Waals surface area contributed by atoms with E-state index in [1.807, 2.05) is 17.1 Å². The number of nitrogens with zero attached hydrogens (tertiary/aromatic N) is 3. The van der Waals surface area contributed by atoms with E-state index >= 15 is 0 Å². The molecule has 0 saturated carbocycles. The molecule has 1 heterocycles. The van der Waals surface area contributed by atoms with Gasteiger partial charge in [0, 0.05) is 26.2 Å². The fourth-order valence-electron chi connectivity index (χ4n) is 2.09. The zero-order valence-corrected chi connectivity index (χ0v) is 13.0. The van der Waals surface area contributed by atoms with Crippen LogP contribution in [-0.2, 0) is 4.79 Å². The quantitative estimate of drug-likeness (QED) is 0.756. The second kappa shape index (κ2) is 7.65. The lowest BCUT2D eigenvalue weighted by atomic mass is 10.2. The maximum absolute atomic E-state index is 10.8. The summed E-state index contributed by atoms with van der Waals surface area (Å²) in [7, 11) is 3.66. The van der Waals surface area contributed by atoms with Crippen LogP contribution in [0.5, 0.6) is 11.5 Å². The Balaban J connectivity index is 2.01. The van der Waals surface area contributed by atoms with Gasteiger partial charge in [-0.15, -0.1) is 0 Å². The van der Waals surface area contributed by atoms with Gasteiger partial charge in [0.25, 0.3) is 5.91 Å². The lowest BCUT2D eigenvalue weighted by Gasteiger charge is -2.30. The number of ether oxygens (including phenoxy) is 2. The minimum atomic E-state index is -0.525. The first-order chi connectivity index (χ1) is 10.6. The van der Waals surface area contributed by atoms with Crippen molar-refractivity contribution in [3.63, 3.8) is 0 Å². The van der Waals surface area contributed by atoms with Gasteiger partial charge >= 0.3 is 0 Å². The van der Waals surface area contributed by atoms with E-state index in [0.29, 0.717) is 11.5 Å². The smallest absolute Gasteiger partial charge is 0.255 e. The van der Waals surface area contributed by atoms with Crippen molar-refractivity contribution in [3.8, 4) is 11.5 Å². The number of benzene rings is 1. The molecule has 1 aromatic rings. The Kier molecular flexibility index (Phi) is 5.60. The zero-order chi connectivity index (χ0) is 15.9. The molecule has 1 amide bonds. The number of primary amides is 1.